The fraction of sp³-hybridized carbons (Fsp3) is 0.308. The zero-order chi connectivity index (χ0) is 12.8. The number of hydrogen-bond acceptors (Lipinski definition) is 4. The number of rotatable bonds is 5. The minimum atomic E-state index is -0.598. The molecule has 1 unspecified atom stereocenters. The topological polar surface area (TPSA) is 55.8 Å². The summed E-state index contributed by atoms with van der Waals surface area (Å²) in [6.45, 7) is 5.36. The van der Waals surface area contributed by atoms with Crippen LogP contribution in [0, 0.1) is 0 Å². The average molecular weight is 236 g/mol. The first-order valence-corrected chi connectivity index (χ1v) is 5.24. The van der Waals surface area contributed by atoms with Crippen molar-refractivity contribution < 1.29 is 19.4 Å². The molecule has 92 valence electrons. The molecule has 17 heavy (non-hydrogen) atoms. The Morgan fingerprint density at radius 2 is 2.29 bits per heavy atom. The molecule has 1 aromatic carbocycles. The molecule has 0 aliphatic heterocycles. The fourth-order valence-corrected chi connectivity index (χ4v) is 1.28. The van der Waals surface area contributed by atoms with Crippen molar-refractivity contribution in [2.24, 2.45) is 0 Å². The van der Waals surface area contributed by atoms with Crippen molar-refractivity contribution in [3.8, 4) is 5.75 Å². The van der Waals surface area contributed by atoms with E-state index in [-0.39, 0.29) is 6.61 Å². The molecule has 1 N–H and O–H groups in total. The highest BCUT2D eigenvalue weighted by Gasteiger charge is 2.14. The molecule has 0 radical (unpaired) electrons. The van der Waals surface area contributed by atoms with E-state index in [1.54, 1.807) is 31.2 Å². The van der Waals surface area contributed by atoms with Crippen molar-refractivity contribution in [2.75, 3.05) is 13.7 Å². The maximum atomic E-state index is 11.5. The highest BCUT2D eigenvalue weighted by molar-refractivity contribution is 5.93. The van der Waals surface area contributed by atoms with E-state index >= 15 is 0 Å². The lowest BCUT2D eigenvalue weighted by Gasteiger charge is -2.12. The maximum absolute atomic E-state index is 11.5. The fourth-order valence-electron chi connectivity index (χ4n) is 1.28. The number of methoxy groups -OCH3 is 1. The molecule has 0 aliphatic carbocycles. The summed E-state index contributed by atoms with van der Waals surface area (Å²) in [4.78, 5) is 11.5. The molecule has 0 saturated carbocycles. The van der Waals surface area contributed by atoms with E-state index in [0.717, 1.165) is 5.56 Å². The number of benzene rings is 1. The third-order valence-electron chi connectivity index (χ3n) is 2.12. The molecule has 4 heteroatoms. The monoisotopic (exact) mass is 236 g/mol. The third-order valence-corrected chi connectivity index (χ3v) is 2.12. The predicted molar refractivity (Wildman–Crippen MR) is 65.0 cm³/mol. The van der Waals surface area contributed by atoms with E-state index < -0.39 is 12.1 Å². The maximum Gasteiger partial charge on any atom is 0.341 e. The second-order valence-corrected chi connectivity index (χ2v) is 3.61. The van der Waals surface area contributed by atoms with Crippen molar-refractivity contribution in [1.82, 2.24) is 0 Å². The number of esters is 1. The van der Waals surface area contributed by atoms with Crippen LogP contribution >= 0.6 is 0 Å². The molecule has 0 fully saturated rings. The van der Waals surface area contributed by atoms with Gasteiger partial charge in [-0.15, -0.1) is 0 Å². The van der Waals surface area contributed by atoms with Crippen molar-refractivity contribution in [3.05, 3.63) is 35.9 Å². The van der Waals surface area contributed by atoms with Gasteiger partial charge in [0.15, 0.2) is 0 Å². The van der Waals surface area contributed by atoms with Crippen LogP contribution < -0.4 is 4.74 Å². The first-order valence-electron chi connectivity index (χ1n) is 5.24. The standard InChI is InChI=1S/C13H16O4/c1-4-10-5-6-12(17-8-9(2)14)11(7-10)13(15)16-3/h4-7,9,14H,1,8H2,2-3H3. The van der Waals surface area contributed by atoms with Crippen LogP contribution in [0.25, 0.3) is 6.08 Å². The van der Waals surface area contributed by atoms with Gasteiger partial charge in [-0.25, -0.2) is 4.79 Å². The largest absolute Gasteiger partial charge is 0.490 e. The normalized spacial score (nSPS) is 11.7. The highest BCUT2D eigenvalue weighted by Crippen LogP contribution is 2.22. The molecule has 0 aliphatic rings. The van der Waals surface area contributed by atoms with E-state index in [0.29, 0.717) is 11.3 Å². The summed E-state index contributed by atoms with van der Waals surface area (Å²) in [6, 6.07) is 5.07. The van der Waals surface area contributed by atoms with E-state index in [1.165, 1.54) is 7.11 Å². The van der Waals surface area contributed by atoms with E-state index in [9.17, 15) is 4.79 Å². The Morgan fingerprint density at radius 1 is 1.59 bits per heavy atom. The predicted octanol–water partition coefficient (Wildman–Crippen LogP) is 1.88. The molecule has 1 atom stereocenters. The van der Waals surface area contributed by atoms with E-state index in [2.05, 4.69) is 11.3 Å². The lowest BCUT2D eigenvalue weighted by molar-refractivity contribution is 0.0590. The van der Waals surface area contributed by atoms with Gasteiger partial charge in [0.25, 0.3) is 0 Å². The molecular weight excluding hydrogens is 220 g/mol. The summed E-state index contributed by atoms with van der Waals surface area (Å²) in [5, 5.41) is 9.14. The molecule has 1 rings (SSSR count). The van der Waals surface area contributed by atoms with Gasteiger partial charge in [0.2, 0.25) is 0 Å². The summed E-state index contributed by atoms with van der Waals surface area (Å²) < 4.78 is 10.0. The van der Waals surface area contributed by atoms with Crippen LogP contribution in [0.2, 0.25) is 0 Å². The SMILES string of the molecule is C=Cc1ccc(OCC(C)O)c(C(=O)OC)c1. The van der Waals surface area contributed by atoms with Gasteiger partial charge in [0.1, 0.15) is 17.9 Å². The van der Waals surface area contributed by atoms with Gasteiger partial charge >= 0.3 is 5.97 Å². The van der Waals surface area contributed by atoms with Crippen LogP contribution in [0.15, 0.2) is 24.8 Å². The number of carbonyl (C=O) groups excluding carboxylic acids is 1. The molecule has 0 bridgehead atoms. The lowest BCUT2D eigenvalue weighted by Crippen LogP contribution is -2.15. The number of aliphatic hydroxyl groups excluding tert-OH is 1. The lowest BCUT2D eigenvalue weighted by atomic mass is 10.1. The van der Waals surface area contributed by atoms with Crippen molar-refractivity contribution in [2.45, 2.75) is 13.0 Å². The van der Waals surface area contributed by atoms with Crippen molar-refractivity contribution in [3.63, 3.8) is 0 Å². The van der Waals surface area contributed by atoms with Crippen LogP contribution in [0.5, 0.6) is 5.75 Å². The Morgan fingerprint density at radius 3 is 2.82 bits per heavy atom. The van der Waals surface area contributed by atoms with E-state index in [4.69, 9.17) is 9.84 Å². The zero-order valence-corrected chi connectivity index (χ0v) is 9.97. The van der Waals surface area contributed by atoms with Gasteiger partial charge in [-0.3, -0.25) is 0 Å². The smallest absolute Gasteiger partial charge is 0.341 e. The first-order chi connectivity index (χ1) is 8.08. The molecule has 4 nitrogen and oxygen atoms in total. The molecule has 0 saturated heterocycles. The summed E-state index contributed by atoms with van der Waals surface area (Å²) in [5.74, 6) is -0.0855. The average Bonchev–Trinajstić information content (AvgIpc) is 2.35. The minimum Gasteiger partial charge on any atom is -0.490 e. The molecule has 0 spiro atoms. The van der Waals surface area contributed by atoms with Gasteiger partial charge < -0.3 is 14.6 Å². The Bertz CT molecular complexity index is 410. The summed E-state index contributed by atoms with van der Waals surface area (Å²) in [7, 11) is 1.31. The van der Waals surface area contributed by atoms with Gasteiger partial charge in [-0.1, -0.05) is 18.7 Å². The molecule has 0 aromatic heterocycles. The number of hydrogen-bond donors (Lipinski definition) is 1. The van der Waals surface area contributed by atoms with Crippen molar-refractivity contribution >= 4 is 12.0 Å². The first kappa shape index (κ1) is 13.3. The Hall–Kier alpha value is -1.81. The summed E-state index contributed by atoms with van der Waals surface area (Å²) in [5.41, 5.74) is 1.13. The molecule has 0 heterocycles. The van der Waals surface area contributed by atoms with Gasteiger partial charge in [-0.2, -0.15) is 0 Å². The summed E-state index contributed by atoms with van der Waals surface area (Å²) in [6.07, 6.45) is 1.03. The third kappa shape index (κ3) is 3.60. The molecule has 1 aromatic rings. The van der Waals surface area contributed by atoms with Crippen LogP contribution in [0.3, 0.4) is 0 Å². The van der Waals surface area contributed by atoms with Gasteiger partial charge in [0, 0.05) is 0 Å². The quantitative estimate of drug-likeness (QED) is 0.793. The zero-order valence-electron chi connectivity index (χ0n) is 9.97. The van der Waals surface area contributed by atoms with Crippen LogP contribution in [0.4, 0.5) is 0 Å². The minimum absolute atomic E-state index is 0.122. The highest BCUT2D eigenvalue weighted by atomic mass is 16.5. The van der Waals surface area contributed by atoms with Crippen LogP contribution in [-0.4, -0.2) is 30.9 Å². The summed E-state index contributed by atoms with van der Waals surface area (Å²) >= 11 is 0. The van der Waals surface area contributed by atoms with Crippen molar-refractivity contribution in [1.29, 1.82) is 0 Å². The Kier molecular flexibility index (Phi) is 4.72. The van der Waals surface area contributed by atoms with Gasteiger partial charge in [0.05, 0.1) is 13.2 Å². The number of carbonyl (C=O) groups is 1. The van der Waals surface area contributed by atoms with Gasteiger partial charge in [-0.05, 0) is 24.6 Å². The number of aliphatic hydroxyl groups is 1. The molecular formula is C13H16O4. The Balaban J connectivity index is 3.02. The second kappa shape index (κ2) is 6.06. The number of ether oxygens (including phenoxy) is 2. The van der Waals surface area contributed by atoms with E-state index in [1.807, 2.05) is 0 Å². The van der Waals surface area contributed by atoms with Crippen LogP contribution in [-0.2, 0) is 4.74 Å². The second-order valence-electron chi connectivity index (χ2n) is 3.61. The Labute approximate surface area is 100 Å². The molecule has 0 amide bonds. The van der Waals surface area contributed by atoms with Crippen LogP contribution in [0.1, 0.15) is 22.8 Å².